The number of aromatic carboxylic acids is 1. The van der Waals surface area contributed by atoms with E-state index in [-0.39, 0.29) is 36.5 Å². The fourth-order valence-electron chi connectivity index (χ4n) is 4.51. The standard InChI is InChI=1S/C27H22N6O3.Na.H/c34-27(35)21-4-1-5-22-20(21)8-6-19(30-22)7-9-23-25(18-3-2-11-28-17-18)33-26(31-23)24(10-12-29-33)32-13-15-36-16-14-32;;/h1-12,17H,13-16H2,(H,34,35);;/q;+1;-1/b9-7+;;. The van der Waals surface area contributed by atoms with Gasteiger partial charge in [-0.15, -0.1) is 0 Å². The molecule has 6 rings (SSSR count). The molecular formula is C27H23N6NaO3. The Labute approximate surface area is 236 Å². The van der Waals surface area contributed by atoms with Crippen molar-refractivity contribution < 1.29 is 45.6 Å². The molecule has 10 heteroatoms. The summed E-state index contributed by atoms with van der Waals surface area (Å²) in [5, 5.41) is 14.7. The number of ether oxygens (including phenoxy) is 1. The van der Waals surface area contributed by atoms with E-state index in [2.05, 4.69) is 20.0 Å². The minimum Gasteiger partial charge on any atom is -1.00 e. The maximum Gasteiger partial charge on any atom is 1.00 e. The first kappa shape index (κ1) is 25.0. The first-order chi connectivity index (χ1) is 17.7. The molecule has 4 aromatic heterocycles. The van der Waals surface area contributed by atoms with Crippen LogP contribution in [0.2, 0.25) is 0 Å². The number of rotatable bonds is 5. The average molecular weight is 503 g/mol. The van der Waals surface area contributed by atoms with Gasteiger partial charge in [0.2, 0.25) is 0 Å². The van der Waals surface area contributed by atoms with E-state index in [1.165, 1.54) is 0 Å². The largest absolute Gasteiger partial charge is 1.00 e. The van der Waals surface area contributed by atoms with Gasteiger partial charge in [-0.05, 0) is 54.6 Å². The van der Waals surface area contributed by atoms with Gasteiger partial charge in [-0.1, -0.05) is 6.07 Å². The molecule has 180 valence electrons. The Bertz CT molecular complexity index is 1620. The van der Waals surface area contributed by atoms with Gasteiger partial charge in [-0.25, -0.2) is 19.3 Å². The van der Waals surface area contributed by atoms with Gasteiger partial charge in [0.25, 0.3) is 0 Å². The van der Waals surface area contributed by atoms with Crippen molar-refractivity contribution in [3.63, 3.8) is 0 Å². The van der Waals surface area contributed by atoms with Crippen molar-refractivity contribution in [3.05, 3.63) is 84.1 Å². The molecule has 37 heavy (non-hydrogen) atoms. The van der Waals surface area contributed by atoms with E-state index in [0.717, 1.165) is 41.4 Å². The minimum absolute atomic E-state index is 0. The van der Waals surface area contributed by atoms with Crippen LogP contribution in [0.4, 0.5) is 5.69 Å². The summed E-state index contributed by atoms with van der Waals surface area (Å²) in [6.07, 6.45) is 9.11. The number of aromatic nitrogens is 5. The zero-order chi connectivity index (χ0) is 24.5. The molecule has 1 aliphatic rings. The maximum atomic E-state index is 11.5. The van der Waals surface area contributed by atoms with Gasteiger partial charge in [-0.3, -0.25) is 4.98 Å². The maximum absolute atomic E-state index is 11.5. The van der Waals surface area contributed by atoms with Gasteiger partial charge in [-0.2, -0.15) is 5.10 Å². The zero-order valence-corrected chi connectivity index (χ0v) is 22.3. The van der Waals surface area contributed by atoms with Crippen LogP contribution in [-0.4, -0.2) is 61.9 Å². The van der Waals surface area contributed by atoms with E-state index >= 15 is 0 Å². The molecule has 0 saturated carbocycles. The fraction of sp³-hybridized carbons (Fsp3) is 0.148. The molecular weight excluding hydrogens is 479 g/mol. The number of morpholine rings is 1. The number of benzene rings is 1. The molecule has 0 unspecified atom stereocenters. The van der Waals surface area contributed by atoms with Gasteiger partial charge in [0.15, 0.2) is 5.65 Å². The molecule has 0 bridgehead atoms. The summed E-state index contributed by atoms with van der Waals surface area (Å²) in [5.41, 5.74) is 5.77. The molecule has 1 saturated heterocycles. The molecule has 0 amide bonds. The molecule has 0 aliphatic carbocycles. The number of hydrogen-bond acceptors (Lipinski definition) is 7. The van der Waals surface area contributed by atoms with E-state index in [9.17, 15) is 9.90 Å². The topological polar surface area (TPSA) is 106 Å². The Balaban J connectivity index is 0.00000168. The summed E-state index contributed by atoms with van der Waals surface area (Å²) in [6.45, 7) is 2.93. The van der Waals surface area contributed by atoms with Crippen LogP contribution >= 0.6 is 0 Å². The average Bonchev–Trinajstić information content (AvgIpc) is 3.31. The molecule has 1 N–H and O–H groups in total. The van der Waals surface area contributed by atoms with Crippen molar-refractivity contribution in [1.82, 2.24) is 24.6 Å². The smallest absolute Gasteiger partial charge is 1.00 e. The number of imidazole rings is 1. The summed E-state index contributed by atoms with van der Waals surface area (Å²) < 4.78 is 7.38. The molecule has 1 fully saturated rings. The van der Waals surface area contributed by atoms with Crippen LogP contribution in [0.15, 0.2) is 67.1 Å². The second-order valence-corrected chi connectivity index (χ2v) is 8.39. The first-order valence-corrected chi connectivity index (χ1v) is 11.6. The summed E-state index contributed by atoms with van der Waals surface area (Å²) in [7, 11) is 0. The quantitative estimate of drug-likeness (QED) is 0.357. The molecule has 1 aliphatic heterocycles. The van der Waals surface area contributed by atoms with Crippen molar-refractivity contribution >= 4 is 40.4 Å². The van der Waals surface area contributed by atoms with Gasteiger partial charge < -0.3 is 16.2 Å². The summed E-state index contributed by atoms with van der Waals surface area (Å²) in [6, 6.07) is 14.5. The molecule has 5 heterocycles. The first-order valence-electron chi connectivity index (χ1n) is 11.6. The molecule has 5 aromatic rings. The van der Waals surface area contributed by atoms with Crippen molar-refractivity contribution in [2.24, 2.45) is 0 Å². The molecule has 0 spiro atoms. The summed E-state index contributed by atoms with van der Waals surface area (Å²) in [5.74, 6) is -0.972. The van der Waals surface area contributed by atoms with E-state index in [4.69, 9.17) is 9.72 Å². The number of nitrogens with zero attached hydrogens (tertiary/aromatic N) is 6. The molecule has 0 radical (unpaired) electrons. The number of anilines is 1. The Morgan fingerprint density at radius 2 is 1.86 bits per heavy atom. The van der Waals surface area contributed by atoms with Gasteiger partial charge >= 0.3 is 35.5 Å². The minimum atomic E-state index is -0.972. The predicted octanol–water partition coefficient (Wildman–Crippen LogP) is 1.16. The van der Waals surface area contributed by atoms with Crippen LogP contribution in [0.5, 0.6) is 0 Å². The van der Waals surface area contributed by atoms with Crippen molar-refractivity contribution in [2.45, 2.75) is 0 Å². The fourth-order valence-corrected chi connectivity index (χ4v) is 4.51. The Morgan fingerprint density at radius 3 is 2.65 bits per heavy atom. The summed E-state index contributed by atoms with van der Waals surface area (Å²) >= 11 is 0. The van der Waals surface area contributed by atoms with Crippen LogP contribution in [0, 0.1) is 0 Å². The number of carboxylic acid groups (broad SMARTS) is 1. The van der Waals surface area contributed by atoms with E-state index in [0.29, 0.717) is 29.8 Å². The molecule has 9 nitrogen and oxygen atoms in total. The predicted molar refractivity (Wildman–Crippen MR) is 138 cm³/mol. The van der Waals surface area contributed by atoms with Crippen LogP contribution in [-0.2, 0) is 4.74 Å². The van der Waals surface area contributed by atoms with Crippen LogP contribution in [0.25, 0.3) is 40.0 Å². The van der Waals surface area contributed by atoms with E-state index < -0.39 is 5.97 Å². The monoisotopic (exact) mass is 502 g/mol. The number of carbonyl (C=O) groups is 1. The molecule has 1 aromatic carbocycles. The Morgan fingerprint density at radius 1 is 1.00 bits per heavy atom. The normalized spacial score (nSPS) is 13.8. The third-order valence-corrected chi connectivity index (χ3v) is 6.21. The Kier molecular flexibility index (Phi) is 7.29. The third-order valence-electron chi connectivity index (χ3n) is 6.21. The number of carboxylic acids is 1. The molecule has 0 atom stereocenters. The third kappa shape index (κ3) is 4.86. The second-order valence-electron chi connectivity index (χ2n) is 8.39. The van der Waals surface area contributed by atoms with Crippen molar-refractivity contribution in [3.8, 4) is 11.3 Å². The Hall–Kier alpha value is -3.63. The van der Waals surface area contributed by atoms with E-state index in [1.54, 1.807) is 36.8 Å². The van der Waals surface area contributed by atoms with Crippen LogP contribution < -0.4 is 34.5 Å². The van der Waals surface area contributed by atoms with Gasteiger partial charge in [0, 0.05) is 36.4 Å². The number of fused-ring (bicyclic) bond motifs is 2. The van der Waals surface area contributed by atoms with Crippen LogP contribution in [0.1, 0.15) is 23.2 Å². The number of pyridine rings is 2. The van der Waals surface area contributed by atoms with E-state index in [1.807, 2.05) is 47.0 Å². The second kappa shape index (κ2) is 10.8. The van der Waals surface area contributed by atoms with Crippen molar-refractivity contribution in [1.29, 1.82) is 0 Å². The van der Waals surface area contributed by atoms with Gasteiger partial charge in [0.05, 0.1) is 47.6 Å². The van der Waals surface area contributed by atoms with Gasteiger partial charge in [0.1, 0.15) is 5.69 Å². The zero-order valence-electron chi connectivity index (χ0n) is 21.3. The SMILES string of the molecule is O=C(O)c1cccc2nc(/C=C/c3nc4c(N5CCOCC5)ccnn4c3-c3cccnc3)ccc12.[H-].[Na+]. The van der Waals surface area contributed by atoms with Crippen LogP contribution in [0.3, 0.4) is 0 Å². The van der Waals surface area contributed by atoms with Crippen molar-refractivity contribution in [2.75, 3.05) is 31.2 Å². The number of hydrogen-bond donors (Lipinski definition) is 1. The summed E-state index contributed by atoms with van der Waals surface area (Å²) in [4.78, 5) is 27.7.